The summed E-state index contributed by atoms with van der Waals surface area (Å²) >= 11 is 1.51. The topological polar surface area (TPSA) is 52.5 Å². The highest BCUT2D eigenvalue weighted by Crippen LogP contribution is 2.38. The normalized spacial score (nSPS) is 13.9. The SMILES string of the molecule is COc1ccc(NC(=O)c2cc3cn(C4CC4)cc3s2)c(OC)c1. The van der Waals surface area contributed by atoms with Gasteiger partial charge in [-0.3, -0.25) is 4.79 Å². The molecule has 6 heteroatoms. The van der Waals surface area contributed by atoms with E-state index in [9.17, 15) is 4.79 Å². The molecule has 0 atom stereocenters. The number of amides is 1. The average molecular weight is 342 g/mol. The van der Waals surface area contributed by atoms with Crippen molar-refractivity contribution in [2.45, 2.75) is 18.9 Å². The Labute approximate surface area is 143 Å². The van der Waals surface area contributed by atoms with Crippen LogP contribution in [0.1, 0.15) is 28.6 Å². The zero-order valence-corrected chi connectivity index (χ0v) is 14.4. The van der Waals surface area contributed by atoms with Crippen molar-refractivity contribution in [1.82, 2.24) is 4.57 Å². The number of hydrogen-bond acceptors (Lipinski definition) is 4. The average Bonchev–Trinajstić information content (AvgIpc) is 3.25. The van der Waals surface area contributed by atoms with Gasteiger partial charge in [-0.05, 0) is 31.0 Å². The van der Waals surface area contributed by atoms with E-state index in [1.807, 2.05) is 6.07 Å². The third-order valence-corrected chi connectivity index (χ3v) is 5.28. The number of nitrogens with one attached hydrogen (secondary N) is 1. The summed E-state index contributed by atoms with van der Waals surface area (Å²) in [5, 5.41) is 4.04. The number of anilines is 1. The molecule has 0 unspecified atom stereocenters. The summed E-state index contributed by atoms with van der Waals surface area (Å²) in [5.74, 6) is 1.13. The van der Waals surface area contributed by atoms with Crippen molar-refractivity contribution >= 4 is 33.0 Å². The number of methoxy groups -OCH3 is 2. The van der Waals surface area contributed by atoms with E-state index >= 15 is 0 Å². The van der Waals surface area contributed by atoms with Crippen molar-refractivity contribution in [3.63, 3.8) is 0 Å². The molecule has 0 bridgehead atoms. The zero-order valence-electron chi connectivity index (χ0n) is 13.5. The largest absolute Gasteiger partial charge is 0.497 e. The molecule has 0 radical (unpaired) electrons. The first-order valence-corrected chi connectivity index (χ1v) is 8.64. The Bertz CT molecular complexity index is 877. The molecule has 4 rings (SSSR count). The number of aromatic nitrogens is 1. The summed E-state index contributed by atoms with van der Waals surface area (Å²) in [6, 6.07) is 7.93. The van der Waals surface area contributed by atoms with E-state index in [-0.39, 0.29) is 5.91 Å². The van der Waals surface area contributed by atoms with Crippen LogP contribution in [0.5, 0.6) is 11.5 Å². The number of thiophene rings is 1. The molecule has 0 spiro atoms. The number of carbonyl (C=O) groups is 1. The van der Waals surface area contributed by atoms with Crippen LogP contribution in [-0.4, -0.2) is 24.7 Å². The van der Waals surface area contributed by atoms with E-state index in [1.165, 1.54) is 24.2 Å². The summed E-state index contributed by atoms with van der Waals surface area (Å²) in [7, 11) is 3.17. The van der Waals surface area contributed by atoms with Crippen molar-refractivity contribution in [1.29, 1.82) is 0 Å². The molecular formula is C18H18N2O3S. The smallest absolute Gasteiger partial charge is 0.265 e. The Morgan fingerprint density at radius 1 is 1.21 bits per heavy atom. The van der Waals surface area contributed by atoms with Crippen LogP contribution in [-0.2, 0) is 0 Å². The van der Waals surface area contributed by atoms with Gasteiger partial charge in [0.1, 0.15) is 11.5 Å². The minimum absolute atomic E-state index is 0.127. The Morgan fingerprint density at radius 2 is 2.04 bits per heavy atom. The quantitative estimate of drug-likeness (QED) is 0.752. The number of benzene rings is 1. The van der Waals surface area contributed by atoms with E-state index in [2.05, 4.69) is 22.3 Å². The second kappa shape index (κ2) is 5.87. The molecule has 1 fully saturated rings. The molecule has 1 saturated carbocycles. The van der Waals surface area contributed by atoms with Gasteiger partial charge in [0.05, 0.1) is 29.5 Å². The number of ether oxygens (including phenoxy) is 2. The van der Waals surface area contributed by atoms with Gasteiger partial charge in [-0.2, -0.15) is 0 Å². The molecule has 1 amide bonds. The maximum atomic E-state index is 12.5. The number of fused-ring (bicyclic) bond motifs is 1. The van der Waals surface area contributed by atoms with E-state index in [0.29, 0.717) is 28.1 Å². The fourth-order valence-electron chi connectivity index (χ4n) is 2.74. The molecule has 1 N–H and O–H groups in total. The summed E-state index contributed by atoms with van der Waals surface area (Å²) in [5.41, 5.74) is 0.629. The first-order chi connectivity index (χ1) is 11.7. The molecule has 0 aliphatic heterocycles. The molecule has 0 saturated heterocycles. The molecular weight excluding hydrogens is 324 g/mol. The zero-order chi connectivity index (χ0) is 16.7. The molecule has 2 aromatic heterocycles. The lowest BCUT2D eigenvalue weighted by atomic mass is 10.2. The fraction of sp³-hybridized carbons (Fsp3) is 0.278. The lowest BCUT2D eigenvalue weighted by molar-refractivity contribution is 0.103. The lowest BCUT2D eigenvalue weighted by Crippen LogP contribution is -2.11. The van der Waals surface area contributed by atoms with Crippen molar-refractivity contribution in [3.8, 4) is 11.5 Å². The predicted octanol–water partition coefficient (Wildman–Crippen LogP) is 4.31. The Balaban J connectivity index is 1.56. The highest BCUT2D eigenvalue weighted by atomic mass is 32.1. The number of rotatable bonds is 5. The molecule has 24 heavy (non-hydrogen) atoms. The second-order valence-corrected chi connectivity index (χ2v) is 6.97. The van der Waals surface area contributed by atoms with Gasteiger partial charge in [-0.15, -0.1) is 11.3 Å². The number of nitrogens with zero attached hydrogens (tertiary/aromatic N) is 1. The van der Waals surface area contributed by atoms with E-state index in [4.69, 9.17) is 9.47 Å². The van der Waals surface area contributed by atoms with Crippen LogP contribution in [0.15, 0.2) is 36.7 Å². The number of carbonyl (C=O) groups excluding carboxylic acids is 1. The molecule has 2 heterocycles. The van der Waals surface area contributed by atoms with Gasteiger partial charge in [0, 0.05) is 29.9 Å². The van der Waals surface area contributed by atoms with Gasteiger partial charge in [0.15, 0.2) is 0 Å². The van der Waals surface area contributed by atoms with Crippen LogP contribution in [0, 0.1) is 0 Å². The van der Waals surface area contributed by atoms with Crippen molar-refractivity contribution in [3.05, 3.63) is 41.5 Å². The van der Waals surface area contributed by atoms with E-state index < -0.39 is 0 Å². The first kappa shape index (κ1) is 15.1. The summed E-state index contributed by atoms with van der Waals surface area (Å²) in [6.45, 7) is 0. The van der Waals surface area contributed by atoms with Gasteiger partial charge in [-0.25, -0.2) is 0 Å². The van der Waals surface area contributed by atoms with Crippen molar-refractivity contribution < 1.29 is 14.3 Å². The van der Waals surface area contributed by atoms with Crippen LogP contribution in [0.2, 0.25) is 0 Å². The van der Waals surface area contributed by atoms with Crippen LogP contribution < -0.4 is 14.8 Å². The maximum absolute atomic E-state index is 12.5. The molecule has 3 aromatic rings. The van der Waals surface area contributed by atoms with Gasteiger partial charge in [0.25, 0.3) is 5.91 Å². The van der Waals surface area contributed by atoms with Crippen LogP contribution in [0.3, 0.4) is 0 Å². The molecule has 1 aliphatic carbocycles. The van der Waals surface area contributed by atoms with Crippen molar-refractivity contribution in [2.24, 2.45) is 0 Å². The second-order valence-electron chi connectivity index (χ2n) is 5.89. The Kier molecular flexibility index (Phi) is 3.69. The monoisotopic (exact) mass is 342 g/mol. The summed E-state index contributed by atoms with van der Waals surface area (Å²) in [4.78, 5) is 13.2. The maximum Gasteiger partial charge on any atom is 0.265 e. The molecule has 1 aromatic carbocycles. The standard InChI is InChI=1S/C18H18N2O3S/c1-22-13-5-6-14(15(8-13)23-2)19-18(21)16-7-11-9-20(12-3-4-12)10-17(11)24-16/h5-10,12H,3-4H2,1-2H3,(H,19,21). The van der Waals surface area contributed by atoms with Gasteiger partial charge >= 0.3 is 0 Å². The Morgan fingerprint density at radius 3 is 2.71 bits per heavy atom. The van der Waals surface area contributed by atoms with Crippen LogP contribution in [0.4, 0.5) is 5.69 Å². The summed E-state index contributed by atoms with van der Waals surface area (Å²) in [6.07, 6.45) is 6.79. The molecule has 124 valence electrons. The minimum Gasteiger partial charge on any atom is -0.497 e. The first-order valence-electron chi connectivity index (χ1n) is 7.82. The van der Waals surface area contributed by atoms with E-state index in [1.54, 1.807) is 32.4 Å². The van der Waals surface area contributed by atoms with Crippen LogP contribution >= 0.6 is 11.3 Å². The van der Waals surface area contributed by atoms with Gasteiger partial charge in [-0.1, -0.05) is 0 Å². The predicted molar refractivity (Wildman–Crippen MR) is 95.6 cm³/mol. The highest BCUT2D eigenvalue weighted by Gasteiger charge is 2.24. The molecule has 1 aliphatic rings. The van der Waals surface area contributed by atoms with Crippen molar-refractivity contribution in [2.75, 3.05) is 19.5 Å². The highest BCUT2D eigenvalue weighted by molar-refractivity contribution is 7.20. The van der Waals surface area contributed by atoms with Crippen LogP contribution in [0.25, 0.3) is 10.1 Å². The lowest BCUT2D eigenvalue weighted by Gasteiger charge is -2.11. The minimum atomic E-state index is -0.127. The summed E-state index contributed by atoms with van der Waals surface area (Å²) < 4.78 is 13.9. The Hall–Kier alpha value is -2.47. The third-order valence-electron chi connectivity index (χ3n) is 4.19. The van der Waals surface area contributed by atoms with E-state index in [0.717, 1.165) is 10.1 Å². The number of hydrogen-bond donors (Lipinski definition) is 1. The third kappa shape index (κ3) is 2.73. The van der Waals surface area contributed by atoms with Gasteiger partial charge < -0.3 is 19.4 Å². The van der Waals surface area contributed by atoms with Gasteiger partial charge in [0.2, 0.25) is 0 Å². The fourth-order valence-corrected chi connectivity index (χ4v) is 3.71. The molecule has 5 nitrogen and oxygen atoms in total.